The van der Waals surface area contributed by atoms with Crippen molar-refractivity contribution in [2.75, 3.05) is 42.7 Å². The predicted octanol–water partition coefficient (Wildman–Crippen LogP) is 4.57. The number of benzene rings is 3. The van der Waals surface area contributed by atoms with Gasteiger partial charge in [-0.15, -0.1) is 0 Å². The van der Waals surface area contributed by atoms with Crippen molar-refractivity contribution >= 4 is 11.6 Å². The molecular formula is C28H28O8. The van der Waals surface area contributed by atoms with Crippen LogP contribution >= 0.6 is 0 Å². The summed E-state index contributed by atoms with van der Waals surface area (Å²) in [5.41, 5.74) is 2.01. The lowest BCUT2D eigenvalue weighted by Crippen LogP contribution is -2.25. The molecule has 0 saturated heterocycles. The number of methoxy groups -OCH3 is 6. The van der Waals surface area contributed by atoms with E-state index in [2.05, 4.69) is 0 Å². The number of carbonyl (C=O) groups excluding carboxylic acids is 2. The molecule has 8 nitrogen and oxygen atoms in total. The van der Waals surface area contributed by atoms with Crippen molar-refractivity contribution < 1.29 is 38.0 Å². The molecule has 8 heteroatoms. The fourth-order valence-electron chi connectivity index (χ4n) is 4.71. The molecule has 36 heavy (non-hydrogen) atoms. The van der Waals surface area contributed by atoms with E-state index in [1.165, 1.54) is 28.4 Å². The molecule has 0 fully saturated rings. The van der Waals surface area contributed by atoms with Crippen molar-refractivity contribution in [3.8, 4) is 34.5 Å². The van der Waals surface area contributed by atoms with Crippen LogP contribution in [0.5, 0.6) is 34.5 Å². The third kappa shape index (κ3) is 4.08. The average Bonchev–Trinajstić information content (AvgIpc) is 3.16. The van der Waals surface area contributed by atoms with Gasteiger partial charge in [-0.1, -0.05) is 12.1 Å². The van der Waals surface area contributed by atoms with Crippen LogP contribution in [0.15, 0.2) is 48.5 Å². The molecule has 0 atom stereocenters. The Bertz CT molecular complexity index is 1210. The van der Waals surface area contributed by atoms with Gasteiger partial charge in [0.05, 0.1) is 48.6 Å². The molecular weight excluding hydrogens is 464 g/mol. The van der Waals surface area contributed by atoms with E-state index in [1.807, 2.05) is 12.1 Å². The Kier molecular flexibility index (Phi) is 7.05. The van der Waals surface area contributed by atoms with Gasteiger partial charge in [0.25, 0.3) is 0 Å². The lowest BCUT2D eigenvalue weighted by atomic mass is 9.78. The minimum atomic E-state index is -1.02. The molecule has 0 saturated carbocycles. The Hall–Kier alpha value is -4.20. The summed E-state index contributed by atoms with van der Waals surface area (Å²) in [5, 5.41) is 0. The minimum absolute atomic E-state index is 0.300. The standard InChI is InChI=1S/C28H28O8/c1-31-19-9-7-15(11-21(19)33-3)25(16-8-10-20(32-2)22(12-16)34-4)26-27(29)17-13-23(35-5)24(36-6)14-18(17)28(26)30/h7-14,25-26H,1-6H3. The van der Waals surface area contributed by atoms with Crippen LogP contribution in [0, 0.1) is 5.92 Å². The Morgan fingerprint density at radius 2 is 0.833 bits per heavy atom. The first-order valence-electron chi connectivity index (χ1n) is 11.2. The van der Waals surface area contributed by atoms with E-state index in [0.29, 0.717) is 56.8 Å². The minimum Gasteiger partial charge on any atom is -0.493 e. The summed E-state index contributed by atoms with van der Waals surface area (Å²) in [7, 11) is 9.13. The van der Waals surface area contributed by atoms with Gasteiger partial charge in [-0.3, -0.25) is 9.59 Å². The Morgan fingerprint density at radius 1 is 0.500 bits per heavy atom. The number of ether oxygens (including phenoxy) is 6. The van der Waals surface area contributed by atoms with Crippen LogP contribution in [0.3, 0.4) is 0 Å². The second-order valence-electron chi connectivity index (χ2n) is 8.17. The second-order valence-corrected chi connectivity index (χ2v) is 8.17. The molecule has 4 rings (SSSR count). The number of rotatable bonds is 9. The molecule has 0 aromatic heterocycles. The molecule has 1 aliphatic rings. The van der Waals surface area contributed by atoms with Gasteiger partial charge in [0.2, 0.25) is 0 Å². The van der Waals surface area contributed by atoms with Crippen LogP contribution in [-0.2, 0) is 0 Å². The fraction of sp³-hybridized carbons (Fsp3) is 0.286. The van der Waals surface area contributed by atoms with Gasteiger partial charge in [0.15, 0.2) is 46.1 Å². The first-order valence-corrected chi connectivity index (χ1v) is 11.2. The Balaban J connectivity index is 1.92. The summed E-state index contributed by atoms with van der Waals surface area (Å²) >= 11 is 0. The molecule has 0 bridgehead atoms. The first-order chi connectivity index (χ1) is 17.4. The number of hydrogen-bond acceptors (Lipinski definition) is 8. The molecule has 0 radical (unpaired) electrons. The zero-order chi connectivity index (χ0) is 26.0. The summed E-state index contributed by atoms with van der Waals surface area (Å²) < 4.78 is 32.5. The van der Waals surface area contributed by atoms with Gasteiger partial charge in [-0.05, 0) is 47.5 Å². The summed E-state index contributed by atoms with van der Waals surface area (Å²) in [4.78, 5) is 27.6. The molecule has 0 unspecified atom stereocenters. The molecule has 0 spiro atoms. The number of carbonyl (C=O) groups is 2. The Morgan fingerprint density at radius 3 is 1.17 bits per heavy atom. The summed E-state index contributed by atoms with van der Waals surface area (Å²) in [6.07, 6.45) is 0. The fourth-order valence-corrected chi connectivity index (χ4v) is 4.71. The van der Waals surface area contributed by atoms with Crippen LogP contribution in [0.1, 0.15) is 37.8 Å². The van der Waals surface area contributed by atoms with E-state index in [1.54, 1.807) is 50.6 Å². The van der Waals surface area contributed by atoms with Crippen LogP contribution in [-0.4, -0.2) is 54.2 Å². The maximum absolute atomic E-state index is 13.8. The average molecular weight is 493 g/mol. The molecule has 3 aromatic carbocycles. The molecule has 0 amide bonds. The van der Waals surface area contributed by atoms with Crippen molar-refractivity contribution in [2.24, 2.45) is 5.92 Å². The highest BCUT2D eigenvalue weighted by Gasteiger charge is 2.45. The van der Waals surface area contributed by atoms with Gasteiger partial charge in [-0.2, -0.15) is 0 Å². The quantitative estimate of drug-likeness (QED) is 0.402. The van der Waals surface area contributed by atoms with Crippen molar-refractivity contribution in [1.29, 1.82) is 0 Å². The summed E-state index contributed by atoms with van der Waals surface area (Å²) in [6.45, 7) is 0. The SMILES string of the molecule is COc1ccc(C(c2ccc(OC)c(OC)c2)C2C(=O)c3cc(OC)c(OC)cc3C2=O)cc1OC. The van der Waals surface area contributed by atoms with Gasteiger partial charge < -0.3 is 28.4 Å². The van der Waals surface area contributed by atoms with Gasteiger partial charge >= 0.3 is 0 Å². The Labute approximate surface area is 209 Å². The number of fused-ring (bicyclic) bond motifs is 1. The van der Waals surface area contributed by atoms with Gasteiger partial charge in [0, 0.05) is 17.0 Å². The van der Waals surface area contributed by atoms with Crippen LogP contribution in [0.2, 0.25) is 0 Å². The first kappa shape index (κ1) is 24.9. The monoisotopic (exact) mass is 492 g/mol. The largest absolute Gasteiger partial charge is 0.493 e. The zero-order valence-corrected chi connectivity index (χ0v) is 21.0. The lowest BCUT2D eigenvalue weighted by Gasteiger charge is -2.24. The smallest absolute Gasteiger partial charge is 0.175 e. The highest BCUT2D eigenvalue weighted by atomic mass is 16.5. The number of hydrogen-bond donors (Lipinski definition) is 0. The maximum atomic E-state index is 13.8. The molecule has 3 aromatic rings. The van der Waals surface area contributed by atoms with Crippen LogP contribution in [0.25, 0.3) is 0 Å². The van der Waals surface area contributed by atoms with Crippen LogP contribution in [0.4, 0.5) is 0 Å². The van der Waals surface area contributed by atoms with Gasteiger partial charge in [-0.25, -0.2) is 0 Å². The molecule has 0 aliphatic heterocycles. The highest BCUT2D eigenvalue weighted by molar-refractivity contribution is 6.27. The van der Waals surface area contributed by atoms with Gasteiger partial charge in [0.1, 0.15) is 0 Å². The normalized spacial score (nSPS) is 13.0. The van der Waals surface area contributed by atoms with Crippen molar-refractivity contribution in [3.63, 3.8) is 0 Å². The van der Waals surface area contributed by atoms with Crippen LogP contribution < -0.4 is 28.4 Å². The topological polar surface area (TPSA) is 89.5 Å². The number of Topliss-reactive ketones (excluding diaryl/α,β-unsaturated/α-hetero) is 2. The number of ketones is 2. The summed E-state index contributed by atoms with van der Waals surface area (Å²) in [6, 6.07) is 13.9. The molecule has 1 aliphatic carbocycles. The van der Waals surface area contributed by atoms with E-state index in [4.69, 9.17) is 28.4 Å². The maximum Gasteiger partial charge on any atom is 0.175 e. The van der Waals surface area contributed by atoms with Crippen molar-refractivity contribution in [1.82, 2.24) is 0 Å². The summed E-state index contributed by atoms with van der Waals surface area (Å²) in [5.74, 6) is 0.540. The molecule has 188 valence electrons. The van der Waals surface area contributed by atoms with E-state index < -0.39 is 11.8 Å². The van der Waals surface area contributed by atoms with E-state index >= 15 is 0 Å². The highest BCUT2D eigenvalue weighted by Crippen LogP contribution is 2.46. The third-order valence-electron chi connectivity index (χ3n) is 6.49. The predicted molar refractivity (Wildman–Crippen MR) is 133 cm³/mol. The third-order valence-corrected chi connectivity index (χ3v) is 6.49. The van der Waals surface area contributed by atoms with E-state index in [0.717, 1.165) is 0 Å². The molecule has 0 heterocycles. The lowest BCUT2D eigenvalue weighted by molar-refractivity contribution is 0.0824. The van der Waals surface area contributed by atoms with E-state index in [-0.39, 0.29) is 11.6 Å². The zero-order valence-electron chi connectivity index (χ0n) is 21.0. The second kappa shape index (κ2) is 10.2. The molecule has 0 N–H and O–H groups in total. The van der Waals surface area contributed by atoms with Crippen molar-refractivity contribution in [3.05, 3.63) is 70.8 Å². The van der Waals surface area contributed by atoms with Crippen molar-refractivity contribution in [2.45, 2.75) is 5.92 Å². The van der Waals surface area contributed by atoms with E-state index in [9.17, 15) is 9.59 Å².